The Hall–Kier alpha value is -3.51. The predicted octanol–water partition coefficient (Wildman–Crippen LogP) is 4.17. The van der Waals surface area contributed by atoms with Crippen molar-refractivity contribution in [1.29, 1.82) is 0 Å². The molecule has 164 valence electrons. The molecule has 0 saturated carbocycles. The molecular formula is C26H28N4O2. The predicted molar refractivity (Wildman–Crippen MR) is 127 cm³/mol. The number of piperazine rings is 1. The SMILES string of the molecule is CC(C)c1cccc(NC(=O)c2cncc(-c3ccc(C(=O)N4CCNCC4)cc3)c2)c1. The van der Waals surface area contributed by atoms with E-state index in [0.717, 1.165) is 43.0 Å². The van der Waals surface area contributed by atoms with Crippen LogP contribution in [0.2, 0.25) is 0 Å². The van der Waals surface area contributed by atoms with Crippen LogP contribution in [0.3, 0.4) is 0 Å². The summed E-state index contributed by atoms with van der Waals surface area (Å²) >= 11 is 0. The molecule has 0 spiro atoms. The normalized spacial score (nSPS) is 13.8. The van der Waals surface area contributed by atoms with E-state index < -0.39 is 0 Å². The minimum atomic E-state index is -0.203. The van der Waals surface area contributed by atoms with Gasteiger partial charge in [-0.25, -0.2) is 0 Å². The number of benzene rings is 2. The summed E-state index contributed by atoms with van der Waals surface area (Å²) in [4.78, 5) is 31.6. The highest BCUT2D eigenvalue weighted by Gasteiger charge is 2.18. The van der Waals surface area contributed by atoms with Crippen LogP contribution in [0.25, 0.3) is 11.1 Å². The number of hydrogen-bond acceptors (Lipinski definition) is 4. The molecule has 32 heavy (non-hydrogen) atoms. The topological polar surface area (TPSA) is 74.3 Å². The van der Waals surface area contributed by atoms with Gasteiger partial charge < -0.3 is 15.5 Å². The molecule has 0 atom stereocenters. The Labute approximate surface area is 188 Å². The number of rotatable bonds is 5. The van der Waals surface area contributed by atoms with Crippen molar-refractivity contribution < 1.29 is 9.59 Å². The second-order valence-corrected chi connectivity index (χ2v) is 8.32. The number of hydrogen-bond donors (Lipinski definition) is 2. The standard InChI is InChI=1S/C26H28N4O2/c1-18(2)21-4-3-5-24(15-21)29-25(31)23-14-22(16-28-17-23)19-6-8-20(9-7-19)26(32)30-12-10-27-11-13-30/h3-9,14-18,27H,10-13H2,1-2H3,(H,29,31). The number of nitrogens with one attached hydrogen (secondary N) is 2. The Bertz CT molecular complexity index is 1100. The fourth-order valence-corrected chi connectivity index (χ4v) is 3.76. The zero-order valence-corrected chi connectivity index (χ0v) is 18.5. The van der Waals surface area contributed by atoms with Gasteiger partial charge in [0.15, 0.2) is 0 Å². The maximum absolute atomic E-state index is 12.8. The van der Waals surface area contributed by atoms with E-state index in [2.05, 4.69) is 35.5 Å². The van der Waals surface area contributed by atoms with Crippen molar-refractivity contribution in [2.45, 2.75) is 19.8 Å². The second-order valence-electron chi connectivity index (χ2n) is 8.32. The molecule has 6 nitrogen and oxygen atoms in total. The summed E-state index contributed by atoms with van der Waals surface area (Å²) in [5.41, 5.74) is 4.83. The van der Waals surface area contributed by atoms with E-state index in [1.54, 1.807) is 12.4 Å². The van der Waals surface area contributed by atoms with Crippen LogP contribution in [0, 0.1) is 0 Å². The highest BCUT2D eigenvalue weighted by Crippen LogP contribution is 2.22. The third-order valence-electron chi connectivity index (χ3n) is 5.68. The third-order valence-corrected chi connectivity index (χ3v) is 5.68. The second kappa shape index (κ2) is 9.75. The average Bonchev–Trinajstić information content (AvgIpc) is 2.84. The van der Waals surface area contributed by atoms with E-state index in [-0.39, 0.29) is 11.8 Å². The zero-order chi connectivity index (χ0) is 22.5. The van der Waals surface area contributed by atoms with Crippen molar-refractivity contribution >= 4 is 17.5 Å². The molecule has 0 bridgehead atoms. The first-order valence-electron chi connectivity index (χ1n) is 11.0. The van der Waals surface area contributed by atoms with Crippen LogP contribution in [0.1, 0.15) is 46.0 Å². The first kappa shape index (κ1) is 21.7. The molecule has 1 aromatic heterocycles. The van der Waals surface area contributed by atoms with E-state index in [9.17, 15) is 9.59 Å². The van der Waals surface area contributed by atoms with Gasteiger partial charge in [-0.05, 0) is 47.4 Å². The van der Waals surface area contributed by atoms with Gasteiger partial charge in [-0.2, -0.15) is 0 Å². The van der Waals surface area contributed by atoms with Gasteiger partial charge in [0.05, 0.1) is 5.56 Å². The Balaban J connectivity index is 1.48. The van der Waals surface area contributed by atoms with Crippen LogP contribution in [0.15, 0.2) is 67.0 Å². The Morgan fingerprint density at radius 3 is 2.41 bits per heavy atom. The van der Waals surface area contributed by atoms with Gasteiger partial charge >= 0.3 is 0 Å². The van der Waals surface area contributed by atoms with E-state index >= 15 is 0 Å². The lowest BCUT2D eigenvalue weighted by atomic mass is 10.0. The van der Waals surface area contributed by atoms with Crippen molar-refractivity contribution in [2.24, 2.45) is 0 Å². The molecular weight excluding hydrogens is 400 g/mol. The number of amides is 2. The summed E-state index contributed by atoms with van der Waals surface area (Å²) in [6.45, 7) is 7.34. The Kier molecular flexibility index (Phi) is 6.61. The molecule has 0 radical (unpaired) electrons. The number of anilines is 1. The summed E-state index contributed by atoms with van der Waals surface area (Å²) in [5, 5.41) is 6.21. The Morgan fingerprint density at radius 1 is 0.938 bits per heavy atom. The molecule has 2 heterocycles. The van der Waals surface area contributed by atoms with Crippen molar-refractivity contribution in [2.75, 3.05) is 31.5 Å². The number of carbonyl (C=O) groups excluding carboxylic acids is 2. The number of nitrogens with zero attached hydrogens (tertiary/aromatic N) is 2. The van der Waals surface area contributed by atoms with Crippen molar-refractivity contribution in [3.8, 4) is 11.1 Å². The van der Waals surface area contributed by atoms with E-state index in [1.807, 2.05) is 53.4 Å². The minimum Gasteiger partial charge on any atom is -0.336 e. The highest BCUT2D eigenvalue weighted by molar-refractivity contribution is 6.04. The van der Waals surface area contributed by atoms with E-state index in [0.29, 0.717) is 17.0 Å². The summed E-state index contributed by atoms with van der Waals surface area (Å²) < 4.78 is 0. The molecule has 1 aliphatic heterocycles. The van der Waals surface area contributed by atoms with Crippen LogP contribution in [0.5, 0.6) is 0 Å². The maximum Gasteiger partial charge on any atom is 0.257 e. The summed E-state index contributed by atoms with van der Waals surface area (Å²) in [6, 6.07) is 17.2. The first-order chi connectivity index (χ1) is 15.5. The van der Waals surface area contributed by atoms with Gasteiger partial charge in [-0.3, -0.25) is 14.6 Å². The molecule has 1 saturated heterocycles. The number of aromatic nitrogens is 1. The van der Waals surface area contributed by atoms with Gasteiger partial charge in [0.2, 0.25) is 0 Å². The van der Waals surface area contributed by atoms with Crippen LogP contribution in [-0.4, -0.2) is 47.9 Å². The van der Waals surface area contributed by atoms with Gasteiger partial charge in [0.25, 0.3) is 11.8 Å². The molecule has 4 rings (SSSR count). The maximum atomic E-state index is 12.8. The van der Waals surface area contributed by atoms with Gasteiger partial charge in [-0.15, -0.1) is 0 Å². The molecule has 2 aromatic carbocycles. The van der Waals surface area contributed by atoms with Crippen molar-refractivity contribution in [3.63, 3.8) is 0 Å². The summed E-state index contributed by atoms with van der Waals surface area (Å²) in [5.74, 6) is 0.233. The van der Waals surface area contributed by atoms with Crippen molar-refractivity contribution in [3.05, 3.63) is 83.7 Å². The van der Waals surface area contributed by atoms with Crippen LogP contribution in [-0.2, 0) is 0 Å². The van der Waals surface area contributed by atoms with Crippen LogP contribution >= 0.6 is 0 Å². The lowest BCUT2D eigenvalue weighted by Gasteiger charge is -2.27. The minimum absolute atomic E-state index is 0.0490. The monoisotopic (exact) mass is 428 g/mol. The van der Waals surface area contributed by atoms with Gasteiger partial charge in [0, 0.05) is 55.4 Å². The lowest BCUT2D eigenvalue weighted by Crippen LogP contribution is -2.46. The largest absolute Gasteiger partial charge is 0.336 e. The molecule has 0 unspecified atom stereocenters. The lowest BCUT2D eigenvalue weighted by molar-refractivity contribution is 0.0735. The average molecular weight is 429 g/mol. The summed E-state index contributed by atoms with van der Waals surface area (Å²) in [6.07, 6.45) is 3.29. The van der Waals surface area contributed by atoms with Gasteiger partial charge in [0.1, 0.15) is 0 Å². The third kappa shape index (κ3) is 5.03. The molecule has 2 amide bonds. The molecule has 1 fully saturated rings. The number of carbonyl (C=O) groups is 2. The molecule has 3 aromatic rings. The van der Waals surface area contributed by atoms with Gasteiger partial charge in [-0.1, -0.05) is 38.1 Å². The molecule has 1 aliphatic rings. The quantitative estimate of drug-likeness (QED) is 0.640. The molecule has 6 heteroatoms. The zero-order valence-electron chi connectivity index (χ0n) is 18.5. The number of pyridine rings is 1. The van der Waals surface area contributed by atoms with Crippen LogP contribution in [0.4, 0.5) is 5.69 Å². The Morgan fingerprint density at radius 2 is 1.69 bits per heavy atom. The summed E-state index contributed by atoms with van der Waals surface area (Å²) in [7, 11) is 0. The highest BCUT2D eigenvalue weighted by atomic mass is 16.2. The smallest absolute Gasteiger partial charge is 0.257 e. The van der Waals surface area contributed by atoms with Crippen molar-refractivity contribution in [1.82, 2.24) is 15.2 Å². The molecule has 2 N–H and O–H groups in total. The van der Waals surface area contributed by atoms with E-state index in [1.165, 1.54) is 5.56 Å². The van der Waals surface area contributed by atoms with Crippen LogP contribution < -0.4 is 10.6 Å². The molecule has 0 aliphatic carbocycles. The fraction of sp³-hybridized carbons (Fsp3) is 0.269. The first-order valence-corrected chi connectivity index (χ1v) is 11.0. The van der Waals surface area contributed by atoms with E-state index in [4.69, 9.17) is 0 Å². The fourth-order valence-electron chi connectivity index (χ4n) is 3.76.